The summed E-state index contributed by atoms with van der Waals surface area (Å²) in [7, 11) is 0. The van der Waals surface area contributed by atoms with E-state index in [1.807, 2.05) is 0 Å². The van der Waals surface area contributed by atoms with Gasteiger partial charge < -0.3 is 25.7 Å². The molecule has 0 saturated heterocycles. The van der Waals surface area contributed by atoms with Crippen LogP contribution in [0.15, 0.2) is 11.6 Å². The van der Waals surface area contributed by atoms with Gasteiger partial charge in [-0.1, -0.05) is 19.4 Å². The average Bonchev–Trinajstić information content (AvgIpc) is 2.29. The van der Waals surface area contributed by atoms with Crippen molar-refractivity contribution in [2.45, 2.75) is 44.1 Å². The number of aliphatic hydroxyl groups is 4. The van der Waals surface area contributed by atoms with Gasteiger partial charge in [-0.05, 0) is 18.5 Å². The molecule has 94 valence electrons. The molecule has 0 heterocycles. The van der Waals surface area contributed by atoms with Crippen molar-refractivity contribution in [1.82, 2.24) is 5.32 Å². The number of nitrogens with one attached hydrogen (secondary N) is 1. The van der Waals surface area contributed by atoms with Crippen LogP contribution in [-0.4, -0.2) is 57.9 Å². The van der Waals surface area contributed by atoms with Crippen molar-refractivity contribution in [2.75, 3.05) is 13.2 Å². The molecular formula is C11H21NO4. The molecule has 0 amide bonds. The van der Waals surface area contributed by atoms with Gasteiger partial charge in [0.2, 0.25) is 0 Å². The Kier molecular flexibility index (Phi) is 5.37. The fourth-order valence-electron chi connectivity index (χ4n) is 1.82. The molecule has 4 unspecified atom stereocenters. The van der Waals surface area contributed by atoms with Gasteiger partial charge in [0.05, 0.1) is 12.6 Å². The lowest BCUT2D eigenvalue weighted by Crippen LogP contribution is -2.54. The van der Waals surface area contributed by atoms with Crippen molar-refractivity contribution in [3.05, 3.63) is 11.6 Å². The highest BCUT2D eigenvalue weighted by molar-refractivity contribution is 5.21. The molecule has 1 aliphatic carbocycles. The highest BCUT2D eigenvalue weighted by Gasteiger charge is 2.36. The van der Waals surface area contributed by atoms with Crippen LogP contribution in [-0.2, 0) is 0 Å². The minimum absolute atomic E-state index is 0.309. The second kappa shape index (κ2) is 6.32. The first-order valence-electron chi connectivity index (χ1n) is 5.70. The van der Waals surface area contributed by atoms with E-state index in [-0.39, 0.29) is 6.61 Å². The first kappa shape index (κ1) is 13.6. The fourth-order valence-corrected chi connectivity index (χ4v) is 1.82. The molecule has 0 aromatic rings. The van der Waals surface area contributed by atoms with Crippen LogP contribution in [0.3, 0.4) is 0 Å². The van der Waals surface area contributed by atoms with Gasteiger partial charge in [-0.2, -0.15) is 0 Å². The topological polar surface area (TPSA) is 93.0 Å². The van der Waals surface area contributed by atoms with E-state index in [0.29, 0.717) is 5.57 Å². The van der Waals surface area contributed by atoms with E-state index in [0.717, 1.165) is 19.4 Å². The molecule has 0 spiro atoms. The van der Waals surface area contributed by atoms with Crippen LogP contribution >= 0.6 is 0 Å². The predicted molar refractivity (Wildman–Crippen MR) is 59.9 cm³/mol. The molecule has 5 heteroatoms. The van der Waals surface area contributed by atoms with Crippen LogP contribution in [0.25, 0.3) is 0 Å². The van der Waals surface area contributed by atoms with Gasteiger partial charge in [0.15, 0.2) is 0 Å². The Morgan fingerprint density at radius 2 is 1.94 bits per heavy atom. The van der Waals surface area contributed by atoms with E-state index < -0.39 is 24.4 Å². The summed E-state index contributed by atoms with van der Waals surface area (Å²) in [6.07, 6.45) is 0.150. The molecule has 0 saturated carbocycles. The first-order chi connectivity index (χ1) is 7.61. The van der Waals surface area contributed by atoms with Crippen LogP contribution in [0, 0.1) is 0 Å². The van der Waals surface area contributed by atoms with Gasteiger partial charge in [-0.15, -0.1) is 0 Å². The van der Waals surface area contributed by atoms with Crippen molar-refractivity contribution in [3.8, 4) is 0 Å². The van der Waals surface area contributed by atoms with E-state index in [1.165, 1.54) is 0 Å². The minimum Gasteiger partial charge on any atom is -0.392 e. The summed E-state index contributed by atoms with van der Waals surface area (Å²) in [6.45, 7) is 2.49. The molecule has 0 aromatic heterocycles. The Morgan fingerprint density at radius 1 is 1.25 bits per heavy atom. The number of aliphatic hydroxyl groups excluding tert-OH is 4. The maximum atomic E-state index is 9.72. The second-order valence-electron chi connectivity index (χ2n) is 4.16. The standard InChI is InChI=1S/C11H21NO4/c1-2-3-4-12-8-5-7(6-13)9(14)11(16)10(8)15/h5,8-16H,2-4,6H2,1H3. The first-order valence-corrected chi connectivity index (χ1v) is 5.70. The zero-order chi connectivity index (χ0) is 12.1. The number of unbranched alkanes of at least 4 members (excludes halogenated alkanes) is 1. The second-order valence-corrected chi connectivity index (χ2v) is 4.16. The maximum absolute atomic E-state index is 9.72. The largest absolute Gasteiger partial charge is 0.392 e. The maximum Gasteiger partial charge on any atom is 0.111 e. The fraction of sp³-hybridized carbons (Fsp3) is 0.818. The molecular weight excluding hydrogens is 210 g/mol. The Labute approximate surface area is 95.4 Å². The zero-order valence-corrected chi connectivity index (χ0v) is 9.50. The third kappa shape index (κ3) is 3.02. The van der Waals surface area contributed by atoms with Crippen molar-refractivity contribution in [2.24, 2.45) is 0 Å². The molecule has 0 aliphatic heterocycles. The minimum atomic E-state index is -1.24. The van der Waals surface area contributed by atoms with E-state index >= 15 is 0 Å². The highest BCUT2D eigenvalue weighted by atomic mass is 16.4. The summed E-state index contributed by atoms with van der Waals surface area (Å²) in [5, 5.41) is 40.9. The van der Waals surface area contributed by atoms with Crippen LogP contribution in [0.1, 0.15) is 19.8 Å². The van der Waals surface area contributed by atoms with Crippen molar-refractivity contribution in [1.29, 1.82) is 0 Å². The normalized spacial score (nSPS) is 34.9. The molecule has 0 fully saturated rings. The molecule has 4 atom stereocenters. The average molecular weight is 231 g/mol. The van der Waals surface area contributed by atoms with E-state index in [9.17, 15) is 15.3 Å². The van der Waals surface area contributed by atoms with Gasteiger partial charge >= 0.3 is 0 Å². The molecule has 5 N–H and O–H groups in total. The summed E-state index contributed by atoms with van der Waals surface area (Å²) >= 11 is 0. The molecule has 0 aromatic carbocycles. The quantitative estimate of drug-likeness (QED) is 0.301. The van der Waals surface area contributed by atoms with Crippen LogP contribution in [0.2, 0.25) is 0 Å². The van der Waals surface area contributed by atoms with Crippen molar-refractivity contribution >= 4 is 0 Å². The lowest BCUT2D eigenvalue weighted by molar-refractivity contribution is -0.0641. The molecule has 1 rings (SSSR count). The molecule has 1 aliphatic rings. The van der Waals surface area contributed by atoms with Gasteiger partial charge in [0, 0.05) is 0 Å². The summed E-state index contributed by atoms with van der Waals surface area (Å²) in [5.74, 6) is 0. The van der Waals surface area contributed by atoms with Gasteiger partial charge in [0.25, 0.3) is 0 Å². The van der Waals surface area contributed by atoms with E-state index in [2.05, 4.69) is 12.2 Å². The van der Waals surface area contributed by atoms with Gasteiger partial charge in [-0.25, -0.2) is 0 Å². The summed E-state index contributed by atoms with van der Waals surface area (Å²) in [5.41, 5.74) is 0.354. The number of hydrogen-bond acceptors (Lipinski definition) is 5. The lowest BCUT2D eigenvalue weighted by atomic mass is 9.88. The smallest absolute Gasteiger partial charge is 0.111 e. The molecule has 5 nitrogen and oxygen atoms in total. The molecule has 0 bridgehead atoms. The van der Waals surface area contributed by atoms with Crippen molar-refractivity contribution < 1.29 is 20.4 Å². The number of hydrogen-bond donors (Lipinski definition) is 5. The highest BCUT2D eigenvalue weighted by Crippen LogP contribution is 2.19. The van der Waals surface area contributed by atoms with Gasteiger partial charge in [-0.3, -0.25) is 0 Å². The van der Waals surface area contributed by atoms with Crippen LogP contribution in [0.4, 0.5) is 0 Å². The Balaban J connectivity index is 2.64. The molecule has 16 heavy (non-hydrogen) atoms. The van der Waals surface area contributed by atoms with Crippen LogP contribution in [0.5, 0.6) is 0 Å². The van der Waals surface area contributed by atoms with Crippen LogP contribution < -0.4 is 5.32 Å². The van der Waals surface area contributed by atoms with E-state index in [4.69, 9.17) is 5.11 Å². The summed E-state index contributed by atoms with van der Waals surface area (Å²) in [4.78, 5) is 0. The van der Waals surface area contributed by atoms with E-state index in [1.54, 1.807) is 6.08 Å². The Bertz CT molecular complexity index is 244. The third-order valence-electron chi connectivity index (χ3n) is 2.91. The number of rotatable bonds is 5. The van der Waals surface area contributed by atoms with Gasteiger partial charge in [0.1, 0.15) is 18.3 Å². The Morgan fingerprint density at radius 3 is 2.50 bits per heavy atom. The SMILES string of the molecule is CCCCNC1C=C(CO)C(O)C(O)C1O. The third-order valence-corrected chi connectivity index (χ3v) is 2.91. The summed E-state index contributed by atoms with van der Waals surface area (Å²) < 4.78 is 0. The monoisotopic (exact) mass is 231 g/mol. The molecule has 0 radical (unpaired) electrons. The van der Waals surface area contributed by atoms with Crippen molar-refractivity contribution in [3.63, 3.8) is 0 Å². The summed E-state index contributed by atoms with van der Waals surface area (Å²) in [6, 6.07) is -0.410. The zero-order valence-electron chi connectivity index (χ0n) is 9.50. The Hall–Kier alpha value is -0.460. The predicted octanol–water partition coefficient (Wildman–Crippen LogP) is -1.24. The lowest BCUT2D eigenvalue weighted by Gasteiger charge is -2.34.